The van der Waals surface area contributed by atoms with Crippen LogP contribution in [0.2, 0.25) is 0 Å². The Balaban J connectivity index is 1.88. The van der Waals surface area contributed by atoms with Crippen molar-refractivity contribution in [1.29, 1.82) is 0 Å². The number of phenolic OH excluding ortho intramolecular Hbond substituents is 1. The van der Waals surface area contributed by atoms with Gasteiger partial charge in [0.25, 0.3) is 0 Å². The van der Waals surface area contributed by atoms with Gasteiger partial charge in [0.15, 0.2) is 0 Å². The Morgan fingerprint density at radius 3 is 1.96 bits per heavy atom. The maximum atomic E-state index is 12.5. The van der Waals surface area contributed by atoms with Gasteiger partial charge in [-0.3, -0.25) is 0 Å². The van der Waals surface area contributed by atoms with E-state index in [2.05, 4.69) is 40.2 Å². The van der Waals surface area contributed by atoms with Crippen LogP contribution >= 0.6 is 15.9 Å². The molecule has 1 fully saturated rings. The summed E-state index contributed by atoms with van der Waals surface area (Å²) in [6.07, 6.45) is 1.36. The molecule has 1 aliphatic rings. The molecule has 1 heterocycles. The van der Waals surface area contributed by atoms with Crippen LogP contribution < -0.4 is 0 Å². The number of halogens is 1. The van der Waals surface area contributed by atoms with E-state index in [4.69, 9.17) is 4.74 Å². The molecule has 2 aromatic carbocycles. The lowest BCUT2D eigenvalue weighted by Crippen LogP contribution is -2.47. The first-order chi connectivity index (χ1) is 12.7. The Morgan fingerprint density at radius 2 is 1.48 bits per heavy atom. The van der Waals surface area contributed by atoms with Crippen molar-refractivity contribution >= 4 is 22.0 Å². The lowest BCUT2D eigenvalue weighted by atomic mass is 9.68. The van der Waals surface area contributed by atoms with Crippen LogP contribution in [0.1, 0.15) is 44.7 Å². The monoisotopic (exact) mass is 431 g/mol. The summed E-state index contributed by atoms with van der Waals surface area (Å²) in [7, 11) is 0. The van der Waals surface area contributed by atoms with Gasteiger partial charge in [-0.2, -0.15) is 0 Å². The average Bonchev–Trinajstić information content (AvgIpc) is 2.61. The van der Waals surface area contributed by atoms with E-state index < -0.39 is 5.60 Å². The van der Waals surface area contributed by atoms with Crippen LogP contribution in [0.15, 0.2) is 53.0 Å². The normalized spacial score (nSPS) is 16.8. The van der Waals surface area contributed by atoms with Crippen LogP contribution in [0.3, 0.4) is 0 Å². The highest BCUT2D eigenvalue weighted by molar-refractivity contribution is 9.10. The molecule has 1 amide bonds. The predicted octanol–water partition coefficient (Wildman–Crippen LogP) is 5.47. The van der Waals surface area contributed by atoms with Crippen LogP contribution in [-0.2, 0) is 10.2 Å². The first-order valence-corrected chi connectivity index (χ1v) is 10.0. The van der Waals surface area contributed by atoms with Gasteiger partial charge in [-0.1, -0.05) is 40.2 Å². The third kappa shape index (κ3) is 4.46. The molecule has 3 rings (SSSR count). The minimum absolute atomic E-state index is 0.188. The fourth-order valence-electron chi connectivity index (χ4n) is 3.69. The standard InChI is InChI=1S/C22H26BrNO3/c1-21(2,3)27-20(26)24-14-12-22(13-15-24,16-4-8-18(23)9-5-16)17-6-10-19(25)11-7-17/h4-11,25H,12-15H2,1-3H3. The molecule has 0 unspecified atom stereocenters. The van der Waals surface area contributed by atoms with E-state index in [0.29, 0.717) is 13.1 Å². The van der Waals surface area contributed by atoms with Crippen molar-refractivity contribution in [2.75, 3.05) is 13.1 Å². The number of carbonyl (C=O) groups is 1. The van der Waals surface area contributed by atoms with E-state index in [-0.39, 0.29) is 17.3 Å². The van der Waals surface area contributed by atoms with Gasteiger partial charge in [-0.15, -0.1) is 0 Å². The fourth-order valence-corrected chi connectivity index (χ4v) is 3.96. The quantitative estimate of drug-likeness (QED) is 0.685. The van der Waals surface area contributed by atoms with Gasteiger partial charge in [0.1, 0.15) is 11.4 Å². The van der Waals surface area contributed by atoms with Crippen LogP contribution in [0.25, 0.3) is 0 Å². The summed E-state index contributed by atoms with van der Waals surface area (Å²) in [5, 5.41) is 9.69. The van der Waals surface area contributed by atoms with Gasteiger partial charge < -0.3 is 14.7 Å². The van der Waals surface area contributed by atoms with Crippen molar-refractivity contribution in [2.24, 2.45) is 0 Å². The molecule has 1 N–H and O–H groups in total. The maximum absolute atomic E-state index is 12.5. The van der Waals surface area contributed by atoms with Gasteiger partial charge in [-0.05, 0) is 69.0 Å². The number of phenols is 1. The molecule has 0 bridgehead atoms. The Labute approximate surface area is 169 Å². The molecule has 0 saturated carbocycles. The first-order valence-electron chi connectivity index (χ1n) is 9.23. The number of hydrogen-bond donors (Lipinski definition) is 1. The SMILES string of the molecule is CC(C)(C)OC(=O)N1CCC(c2ccc(O)cc2)(c2ccc(Br)cc2)CC1. The molecule has 0 atom stereocenters. The topological polar surface area (TPSA) is 49.8 Å². The van der Waals surface area contributed by atoms with E-state index in [1.807, 2.05) is 32.9 Å². The predicted molar refractivity (Wildman–Crippen MR) is 110 cm³/mol. The number of carbonyl (C=O) groups excluding carboxylic acids is 1. The van der Waals surface area contributed by atoms with E-state index in [1.54, 1.807) is 17.0 Å². The van der Waals surface area contributed by atoms with Crippen LogP contribution in [0.5, 0.6) is 5.75 Å². The molecule has 1 aliphatic heterocycles. The van der Waals surface area contributed by atoms with Crippen molar-refractivity contribution in [3.63, 3.8) is 0 Å². The van der Waals surface area contributed by atoms with Gasteiger partial charge in [0.05, 0.1) is 0 Å². The zero-order valence-corrected chi connectivity index (χ0v) is 17.6. The summed E-state index contributed by atoms with van der Waals surface area (Å²) in [4.78, 5) is 14.2. The highest BCUT2D eigenvalue weighted by atomic mass is 79.9. The second-order valence-electron chi connectivity index (χ2n) is 8.10. The summed E-state index contributed by atoms with van der Waals surface area (Å²) in [5.41, 5.74) is 1.70. The first kappa shape index (κ1) is 19.7. The molecule has 2 aromatic rings. The van der Waals surface area contributed by atoms with Crippen molar-refractivity contribution in [1.82, 2.24) is 4.90 Å². The molecule has 0 radical (unpaired) electrons. The van der Waals surface area contributed by atoms with Crippen molar-refractivity contribution < 1.29 is 14.6 Å². The maximum Gasteiger partial charge on any atom is 0.410 e. The molecule has 144 valence electrons. The highest BCUT2D eigenvalue weighted by Gasteiger charge is 2.39. The van der Waals surface area contributed by atoms with Crippen LogP contribution in [0.4, 0.5) is 4.79 Å². The second kappa shape index (κ2) is 7.55. The smallest absolute Gasteiger partial charge is 0.410 e. The zero-order chi connectivity index (χ0) is 19.7. The highest BCUT2D eigenvalue weighted by Crippen LogP contribution is 2.42. The fraction of sp³-hybridized carbons (Fsp3) is 0.409. The summed E-state index contributed by atoms with van der Waals surface area (Å²) in [6, 6.07) is 15.8. The molecule has 5 heteroatoms. The summed E-state index contributed by atoms with van der Waals surface area (Å²) >= 11 is 3.51. The number of ether oxygens (including phenoxy) is 1. The number of aromatic hydroxyl groups is 1. The Bertz CT molecular complexity index is 738. The van der Waals surface area contributed by atoms with E-state index in [1.165, 1.54) is 5.56 Å². The molecule has 0 spiro atoms. The van der Waals surface area contributed by atoms with Crippen LogP contribution in [-0.4, -0.2) is 34.8 Å². The minimum atomic E-state index is -0.492. The number of rotatable bonds is 2. The molecule has 4 nitrogen and oxygen atoms in total. The summed E-state index contributed by atoms with van der Waals surface area (Å²) < 4.78 is 6.58. The Kier molecular flexibility index (Phi) is 5.52. The molecule has 27 heavy (non-hydrogen) atoms. The number of piperidine rings is 1. The number of nitrogens with zero attached hydrogens (tertiary/aromatic N) is 1. The van der Waals surface area contributed by atoms with Crippen molar-refractivity contribution in [3.8, 4) is 5.75 Å². The molecule has 0 aliphatic carbocycles. The zero-order valence-electron chi connectivity index (χ0n) is 16.0. The average molecular weight is 432 g/mol. The molecule has 1 saturated heterocycles. The molecule has 0 aromatic heterocycles. The second-order valence-corrected chi connectivity index (χ2v) is 9.02. The minimum Gasteiger partial charge on any atom is -0.508 e. The van der Waals surface area contributed by atoms with Crippen molar-refractivity contribution in [2.45, 2.75) is 44.6 Å². The van der Waals surface area contributed by atoms with E-state index in [9.17, 15) is 9.90 Å². The number of hydrogen-bond acceptors (Lipinski definition) is 3. The van der Waals surface area contributed by atoms with E-state index >= 15 is 0 Å². The number of benzene rings is 2. The number of likely N-dealkylation sites (tertiary alicyclic amines) is 1. The van der Waals surface area contributed by atoms with Gasteiger partial charge >= 0.3 is 6.09 Å². The number of amides is 1. The lowest BCUT2D eigenvalue weighted by Gasteiger charge is -2.43. The van der Waals surface area contributed by atoms with E-state index in [0.717, 1.165) is 22.9 Å². The Morgan fingerprint density at radius 1 is 1.00 bits per heavy atom. The largest absolute Gasteiger partial charge is 0.508 e. The Hall–Kier alpha value is -2.01. The van der Waals surface area contributed by atoms with Crippen LogP contribution in [0, 0.1) is 0 Å². The summed E-state index contributed by atoms with van der Waals surface area (Å²) in [5.74, 6) is 0.260. The lowest BCUT2D eigenvalue weighted by molar-refractivity contribution is 0.0180. The van der Waals surface area contributed by atoms with Gasteiger partial charge in [0.2, 0.25) is 0 Å². The van der Waals surface area contributed by atoms with Crippen molar-refractivity contribution in [3.05, 3.63) is 64.1 Å². The third-order valence-electron chi connectivity index (χ3n) is 5.09. The summed E-state index contributed by atoms with van der Waals surface area (Å²) in [6.45, 7) is 6.92. The third-order valence-corrected chi connectivity index (χ3v) is 5.61. The molecular formula is C22H26BrNO3. The van der Waals surface area contributed by atoms with Gasteiger partial charge in [-0.25, -0.2) is 4.79 Å². The molecular weight excluding hydrogens is 406 g/mol. The van der Waals surface area contributed by atoms with Gasteiger partial charge in [0, 0.05) is 23.0 Å².